The topological polar surface area (TPSA) is 105 Å². The number of Topliss-reactive ketones (excluding diaryl/α,β-unsaturated/α-hetero) is 1. The Morgan fingerprint density at radius 2 is 1.74 bits per heavy atom. The highest BCUT2D eigenvalue weighted by atomic mass is 19.1. The van der Waals surface area contributed by atoms with E-state index in [1.165, 1.54) is 12.1 Å². The van der Waals surface area contributed by atoms with Gasteiger partial charge >= 0.3 is 6.09 Å². The summed E-state index contributed by atoms with van der Waals surface area (Å²) in [5, 5.41) is 0.661. The van der Waals surface area contributed by atoms with E-state index in [4.69, 9.17) is 4.74 Å². The van der Waals surface area contributed by atoms with Crippen molar-refractivity contribution < 1.29 is 28.3 Å². The summed E-state index contributed by atoms with van der Waals surface area (Å²) in [6, 6.07) is 5.16. The zero-order valence-corrected chi connectivity index (χ0v) is 28.0. The normalized spacial score (nSPS) is 21.2. The molecule has 1 atom stereocenters. The van der Waals surface area contributed by atoms with E-state index in [1.807, 2.05) is 41.5 Å². The van der Waals surface area contributed by atoms with E-state index < -0.39 is 29.5 Å². The number of halogens is 1. The Balaban J connectivity index is 1.25. The van der Waals surface area contributed by atoms with E-state index in [0.717, 1.165) is 25.7 Å². The number of ketones is 1. The van der Waals surface area contributed by atoms with Crippen LogP contribution in [0.25, 0.3) is 16.6 Å². The molecule has 2 bridgehead atoms. The standard InChI is InChI=1S/C36H44FN5O5/c1-7-40(21(2)3)33(44)27-16-24(37)10-13-29(27)41-20-28(26-14-15-38-17-30(26)41)32(43)23-18-39(19-23)34(45)31-22-8-11-25(12-9-22)42(31)35(46)47-36(4,5)6/h10,13-17,20-23,25,31H,7-9,11-12,18-19H2,1-6H3/t22?,25?,31-/m0/s1. The van der Waals surface area contributed by atoms with Gasteiger partial charge in [-0.1, -0.05) is 0 Å². The van der Waals surface area contributed by atoms with Crippen LogP contribution in [-0.2, 0) is 9.53 Å². The third kappa shape index (κ3) is 6.00. The summed E-state index contributed by atoms with van der Waals surface area (Å²) >= 11 is 0. The van der Waals surface area contributed by atoms with Crippen LogP contribution in [0, 0.1) is 17.7 Å². The summed E-state index contributed by atoms with van der Waals surface area (Å²) in [5.41, 5.74) is 1.04. The number of hydrogen-bond acceptors (Lipinski definition) is 6. The largest absolute Gasteiger partial charge is 0.444 e. The second kappa shape index (κ2) is 12.4. The van der Waals surface area contributed by atoms with E-state index in [2.05, 4.69) is 4.98 Å². The molecule has 11 heteroatoms. The van der Waals surface area contributed by atoms with E-state index in [9.17, 15) is 23.6 Å². The molecule has 1 saturated carbocycles. The summed E-state index contributed by atoms with van der Waals surface area (Å²) in [5.74, 6) is -1.43. The van der Waals surface area contributed by atoms with Crippen LogP contribution >= 0.6 is 0 Å². The quantitative estimate of drug-likeness (QED) is 0.299. The summed E-state index contributed by atoms with van der Waals surface area (Å²) in [6.07, 6.45) is 8.00. The van der Waals surface area contributed by atoms with Crippen LogP contribution < -0.4 is 0 Å². The maximum Gasteiger partial charge on any atom is 0.411 e. The first-order valence-corrected chi connectivity index (χ1v) is 16.7. The van der Waals surface area contributed by atoms with E-state index in [0.29, 0.717) is 28.7 Å². The first-order chi connectivity index (χ1) is 22.3. The lowest BCUT2D eigenvalue weighted by Crippen LogP contribution is -2.66. The van der Waals surface area contributed by atoms with E-state index in [-0.39, 0.29) is 54.3 Å². The van der Waals surface area contributed by atoms with Crippen molar-refractivity contribution >= 4 is 34.6 Å². The monoisotopic (exact) mass is 645 g/mol. The van der Waals surface area contributed by atoms with Crippen molar-refractivity contribution in [3.8, 4) is 5.69 Å². The van der Waals surface area contributed by atoms with Crippen molar-refractivity contribution in [1.82, 2.24) is 24.3 Å². The molecule has 250 valence electrons. The SMILES string of the molecule is CCN(C(=O)c1cc(F)ccc1-n1cc(C(=O)C2CN(C(=O)[C@@H]3C4CCC(CC4)N3C(=O)OC(C)(C)C)C2)c2ccncc21)C(C)C. The van der Waals surface area contributed by atoms with Crippen LogP contribution in [0.3, 0.4) is 0 Å². The minimum absolute atomic E-state index is 0.0181. The maximum absolute atomic E-state index is 14.5. The Hall–Kier alpha value is -4.28. The van der Waals surface area contributed by atoms with Gasteiger partial charge in [-0.25, -0.2) is 9.18 Å². The van der Waals surface area contributed by atoms with Crippen molar-refractivity contribution in [2.75, 3.05) is 19.6 Å². The van der Waals surface area contributed by atoms with Gasteiger partial charge in [-0.3, -0.25) is 24.3 Å². The molecule has 3 amide bonds. The molecule has 3 saturated heterocycles. The molecule has 10 nitrogen and oxygen atoms in total. The average Bonchev–Trinajstić information content (AvgIpc) is 3.39. The van der Waals surface area contributed by atoms with Crippen LogP contribution in [0.5, 0.6) is 0 Å². The fourth-order valence-electron chi connectivity index (χ4n) is 7.54. The lowest BCUT2D eigenvalue weighted by molar-refractivity contribution is -0.150. The summed E-state index contributed by atoms with van der Waals surface area (Å²) in [4.78, 5) is 64.1. The Kier molecular flexibility index (Phi) is 8.61. The molecule has 1 aromatic carbocycles. The summed E-state index contributed by atoms with van der Waals surface area (Å²) in [6.45, 7) is 12.1. The summed E-state index contributed by atoms with van der Waals surface area (Å²) in [7, 11) is 0. The molecular weight excluding hydrogens is 601 g/mol. The number of pyridine rings is 1. The molecule has 3 aliphatic heterocycles. The molecule has 4 fully saturated rings. The van der Waals surface area contributed by atoms with Crippen molar-refractivity contribution in [2.45, 2.75) is 91.0 Å². The van der Waals surface area contributed by atoms with Gasteiger partial charge in [-0.15, -0.1) is 0 Å². The van der Waals surface area contributed by atoms with E-state index in [1.54, 1.807) is 50.0 Å². The molecular formula is C36H44FN5O5. The van der Waals surface area contributed by atoms with Crippen LogP contribution in [0.15, 0.2) is 42.9 Å². The number of piperidine rings is 2. The molecule has 0 N–H and O–H groups in total. The third-order valence-corrected chi connectivity index (χ3v) is 9.85. The molecule has 4 aliphatic rings. The highest BCUT2D eigenvalue weighted by Gasteiger charge is 2.52. The number of ether oxygens (including phenoxy) is 1. The number of fused-ring (bicyclic) bond motifs is 4. The van der Waals surface area contributed by atoms with Gasteiger partial charge in [0.15, 0.2) is 5.78 Å². The molecule has 2 aromatic heterocycles. The number of nitrogens with zero attached hydrogens (tertiary/aromatic N) is 5. The highest BCUT2D eigenvalue weighted by molar-refractivity contribution is 6.10. The Morgan fingerprint density at radius 1 is 1.04 bits per heavy atom. The Bertz CT molecular complexity index is 1710. The van der Waals surface area contributed by atoms with Crippen molar-refractivity contribution in [2.24, 2.45) is 11.8 Å². The Labute approximate surface area is 274 Å². The smallest absolute Gasteiger partial charge is 0.411 e. The van der Waals surface area contributed by atoms with Crippen LogP contribution in [0.2, 0.25) is 0 Å². The van der Waals surface area contributed by atoms with Gasteiger partial charge in [0.2, 0.25) is 5.91 Å². The fraction of sp³-hybridized carbons (Fsp3) is 0.528. The van der Waals surface area contributed by atoms with Crippen molar-refractivity contribution in [3.63, 3.8) is 0 Å². The van der Waals surface area contributed by atoms with Crippen molar-refractivity contribution in [3.05, 3.63) is 59.8 Å². The fourth-order valence-corrected chi connectivity index (χ4v) is 7.54. The molecule has 0 spiro atoms. The minimum atomic E-state index is -0.671. The zero-order chi connectivity index (χ0) is 33.8. The second-order valence-corrected chi connectivity index (χ2v) is 14.4. The average molecular weight is 646 g/mol. The van der Waals surface area contributed by atoms with Crippen LogP contribution in [-0.4, -0.2) is 91.3 Å². The molecule has 5 heterocycles. The third-order valence-electron chi connectivity index (χ3n) is 9.85. The van der Waals surface area contributed by atoms with Gasteiger partial charge in [0, 0.05) is 55.1 Å². The molecule has 3 aromatic rings. The van der Waals surface area contributed by atoms with Crippen LogP contribution in [0.1, 0.15) is 87.9 Å². The van der Waals surface area contributed by atoms with Gasteiger partial charge in [0.05, 0.1) is 28.9 Å². The van der Waals surface area contributed by atoms with Gasteiger partial charge < -0.3 is 19.1 Å². The Morgan fingerprint density at radius 3 is 2.38 bits per heavy atom. The number of benzene rings is 1. The number of likely N-dealkylation sites (tertiary alicyclic amines) is 1. The lowest BCUT2D eigenvalue weighted by Gasteiger charge is -2.52. The zero-order valence-electron chi connectivity index (χ0n) is 28.0. The van der Waals surface area contributed by atoms with Crippen LogP contribution in [0.4, 0.5) is 9.18 Å². The minimum Gasteiger partial charge on any atom is -0.444 e. The second-order valence-electron chi connectivity index (χ2n) is 14.4. The number of amides is 3. The lowest BCUT2D eigenvalue weighted by atomic mass is 9.74. The van der Waals surface area contributed by atoms with Crippen molar-refractivity contribution in [1.29, 1.82) is 0 Å². The highest BCUT2D eigenvalue weighted by Crippen LogP contribution is 2.42. The van der Waals surface area contributed by atoms with Gasteiger partial charge in [0.25, 0.3) is 5.91 Å². The predicted molar refractivity (Wildman–Crippen MR) is 175 cm³/mol. The summed E-state index contributed by atoms with van der Waals surface area (Å²) < 4.78 is 22.0. The number of carbonyl (C=O) groups is 4. The van der Waals surface area contributed by atoms with Gasteiger partial charge in [-0.05, 0) is 97.4 Å². The molecule has 7 rings (SSSR count). The molecule has 1 aliphatic carbocycles. The van der Waals surface area contributed by atoms with Gasteiger partial charge in [-0.2, -0.15) is 0 Å². The number of rotatable bonds is 7. The first-order valence-electron chi connectivity index (χ1n) is 16.7. The predicted octanol–water partition coefficient (Wildman–Crippen LogP) is 5.85. The first kappa shape index (κ1) is 32.7. The number of carbonyl (C=O) groups excluding carboxylic acids is 4. The number of aromatic nitrogens is 2. The number of hydrogen-bond donors (Lipinski definition) is 0. The maximum atomic E-state index is 14.5. The van der Waals surface area contributed by atoms with Gasteiger partial charge in [0.1, 0.15) is 17.5 Å². The molecule has 0 radical (unpaired) electrons. The van der Waals surface area contributed by atoms with E-state index >= 15 is 0 Å². The molecule has 0 unspecified atom stereocenters. The molecule has 47 heavy (non-hydrogen) atoms.